The van der Waals surface area contributed by atoms with Crippen LogP contribution in [0, 0.1) is 6.92 Å². The first-order valence-electron chi connectivity index (χ1n) is 7.73. The van der Waals surface area contributed by atoms with Gasteiger partial charge in [-0.3, -0.25) is 4.79 Å². The molecule has 1 aromatic heterocycles. The number of fused-ring (bicyclic) bond motifs is 1. The van der Waals surface area contributed by atoms with E-state index < -0.39 is 0 Å². The van der Waals surface area contributed by atoms with Gasteiger partial charge in [0, 0.05) is 17.1 Å². The third-order valence-electron chi connectivity index (χ3n) is 3.71. The summed E-state index contributed by atoms with van der Waals surface area (Å²) in [6, 6.07) is 15.9. The molecule has 3 rings (SSSR count). The first-order chi connectivity index (χ1) is 11.2. The predicted octanol–water partition coefficient (Wildman–Crippen LogP) is 3.21. The zero-order valence-corrected chi connectivity index (χ0v) is 13.1. The third kappa shape index (κ3) is 3.92. The van der Waals surface area contributed by atoms with Gasteiger partial charge < -0.3 is 15.0 Å². The van der Waals surface area contributed by atoms with Gasteiger partial charge in [-0.15, -0.1) is 0 Å². The number of para-hydroxylation sites is 1. The second-order valence-corrected chi connectivity index (χ2v) is 5.55. The Labute approximate surface area is 135 Å². The molecule has 3 aromatic rings. The molecule has 23 heavy (non-hydrogen) atoms. The lowest BCUT2D eigenvalue weighted by Crippen LogP contribution is -2.29. The first kappa shape index (κ1) is 15.2. The number of amides is 1. The van der Waals surface area contributed by atoms with Gasteiger partial charge in [0.25, 0.3) is 0 Å². The van der Waals surface area contributed by atoms with Crippen molar-refractivity contribution in [2.75, 3.05) is 13.2 Å². The van der Waals surface area contributed by atoms with Gasteiger partial charge in [-0.05, 0) is 36.2 Å². The maximum Gasteiger partial charge on any atom is 0.224 e. The molecule has 0 radical (unpaired) electrons. The Balaban J connectivity index is 1.46. The van der Waals surface area contributed by atoms with Gasteiger partial charge in [0.15, 0.2) is 0 Å². The molecule has 0 bridgehead atoms. The fraction of sp³-hybridized carbons (Fsp3) is 0.211. The van der Waals surface area contributed by atoms with Crippen LogP contribution in [0.25, 0.3) is 10.9 Å². The Morgan fingerprint density at radius 3 is 2.91 bits per heavy atom. The molecular weight excluding hydrogens is 288 g/mol. The summed E-state index contributed by atoms with van der Waals surface area (Å²) in [6.07, 6.45) is 2.27. The Morgan fingerprint density at radius 2 is 2.04 bits per heavy atom. The standard InChI is InChI=1S/C19H20N2O2/c1-14-5-4-6-16(11-14)23-10-9-20-19(22)12-15-13-21-18-8-3-2-7-17(15)18/h2-8,11,13,21H,9-10,12H2,1H3,(H,20,22). The smallest absolute Gasteiger partial charge is 0.224 e. The van der Waals surface area contributed by atoms with Crippen LogP contribution in [0.2, 0.25) is 0 Å². The van der Waals surface area contributed by atoms with Crippen LogP contribution in [0.3, 0.4) is 0 Å². The third-order valence-corrected chi connectivity index (χ3v) is 3.71. The van der Waals surface area contributed by atoms with Crippen LogP contribution in [-0.2, 0) is 11.2 Å². The molecule has 0 aliphatic carbocycles. The Morgan fingerprint density at radius 1 is 1.17 bits per heavy atom. The maximum absolute atomic E-state index is 12.0. The van der Waals surface area contributed by atoms with E-state index in [2.05, 4.69) is 10.3 Å². The summed E-state index contributed by atoms with van der Waals surface area (Å²) in [4.78, 5) is 15.2. The van der Waals surface area contributed by atoms with Gasteiger partial charge in [-0.1, -0.05) is 30.3 Å². The summed E-state index contributed by atoms with van der Waals surface area (Å²) in [5.41, 5.74) is 3.22. The van der Waals surface area contributed by atoms with Crippen molar-refractivity contribution < 1.29 is 9.53 Å². The molecule has 0 fully saturated rings. The van der Waals surface area contributed by atoms with Gasteiger partial charge in [0.2, 0.25) is 5.91 Å². The number of nitrogens with one attached hydrogen (secondary N) is 2. The molecule has 2 N–H and O–H groups in total. The number of hydrogen-bond acceptors (Lipinski definition) is 2. The summed E-state index contributed by atoms with van der Waals surface area (Å²) in [5, 5.41) is 3.99. The Kier molecular flexibility index (Phi) is 4.62. The number of benzene rings is 2. The van der Waals surface area contributed by atoms with Gasteiger partial charge in [-0.2, -0.15) is 0 Å². The molecule has 0 aliphatic rings. The van der Waals surface area contributed by atoms with E-state index in [0.717, 1.165) is 27.8 Å². The average Bonchev–Trinajstić information content (AvgIpc) is 2.95. The van der Waals surface area contributed by atoms with Crippen molar-refractivity contribution in [1.29, 1.82) is 0 Å². The molecule has 4 heteroatoms. The van der Waals surface area contributed by atoms with E-state index >= 15 is 0 Å². The van der Waals surface area contributed by atoms with Crippen LogP contribution in [-0.4, -0.2) is 24.0 Å². The van der Waals surface area contributed by atoms with Crippen molar-refractivity contribution in [2.45, 2.75) is 13.3 Å². The average molecular weight is 308 g/mol. The van der Waals surface area contributed by atoms with E-state index in [1.165, 1.54) is 0 Å². The fourth-order valence-corrected chi connectivity index (χ4v) is 2.58. The van der Waals surface area contributed by atoms with Crippen molar-refractivity contribution in [3.8, 4) is 5.75 Å². The number of aromatic amines is 1. The van der Waals surface area contributed by atoms with Gasteiger partial charge in [0.1, 0.15) is 12.4 Å². The topological polar surface area (TPSA) is 54.1 Å². The van der Waals surface area contributed by atoms with Crippen LogP contribution >= 0.6 is 0 Å². The van der Waals surface area contributed by atoms with Gasteiger partial charge in [-0.25, -0.2) is 0 Å². The minimum absolute atomic E-state index is 0.00240. The predicted molar refractivity (Wildman–Crippen MR) is 91.7 cm³/mol. The van der Waals surface area contributed by atoms with Crippen LogP contribution in [0.5, 0.6) is 5.75 Å². The molecule has 1 amide bonds. The van der Waals surface area contributed by atoms with Gasteiger partial charge >= 0.3 is 0 Å². The van der Waals surface area contributed by atoms with Crippen LogP contribution < -0.4 is 10.1 Å². The Bertz CT molecular complexity index is 808. The fourth-order valence-electron chi connectivity index (χ4n) is 2.58. The lowest BCUT2D eigenvalue weighted by molar-refractivity contribution is -0.120. The second kappa shape index (κ2) is 7.01. The molecule has 2 aromatic carbocycles. The minimum Gasteiger partial charge on any atom is -0.492 e. The zero-order chi connectivity index (χ0) is 16.1. The number of H-pyrrole nitrogens is 1. The molecule has 1 heterocycles. The quantitative estimate of drug-likeness (QED) is 0.687. The van der Waals surface area contributed by atoms with Crippen molar-refractivity contribution >= 4 is 16.8 Å². The number of rotatable bonds is 6. The van der Waals surface area contributed by atoms with Crippen LogP contribution in [0.1, 0.15) is 11.1 Å². The van der Waals surface area contributed by atoms with Gasteiger partial charge in [0.05, 0.1) is 13.0 Å². The van der Waals surface area contributed by atoms with E-state index in [1.807, 2.05) is 61.7 Å². The van der Waals surface area contributed by atoms with Crippen LogP contribution in [0.4, 0.5) is 0 Å². The highest BCUT2D eigenvalue weighted by molar-refractivity contribution is 5.88. The monoisotopic (exact) mass is 308 g/mol. The largest absolute Gasteiger partial charge is 0.492 e. The summed E-state index contributed by atoms with van der Waals surface area (Å²) >= 11 is 0. The molecular formula is C19H20N2O2. The second-order valence-electron chi connectivity index (χ2n) is 5.55. The molecule has 0 atom stereocenters. The number of aromatic nitrogens is 1. The summed E-state index contributed by atoms with van der Waals surface area (Å²) in [7, 11) is 0. The first-order valence-corrected chi connectivity index (χ1v) is 7.73. The highest BCUT2D eigenvalue weighted by atomic mass is 16.5. The highest BCUT2D eigenvalue weighted by Crippen LogP contribution is 2.18. The molecule has 0 saturated carbocycles. The number of carbonyl (C=O) groups excluding carboxylic acids is 1. The number of carbonyl (C=O) groups is 1. The number of aryl methyl sites for hydroxylation is 1. The molecule has 118 valence electrons. The van der Waals surface area contributed by atoms with Crippen molar-refractivity contribution in [1.82, 2.24) is 10.3 Å². The van der Waals surface area contributed by atoms with E-state index in [9.17, 15) is 4.79 Å². The normalized spacial score (nSPS) is 10.7. The highest BCUT2D eigenvalue weighted by Gasteiger charge is 2.08. The van der Waals surface area contributed by atoms with E-state index in [4.69, 9.17) is 4.74 Å². The molecule has 0 aliphatic heterocycles. The Hall–Kier alpha value is -2.75. The van der Waals surface area contributed by atoms with Crippen molar-refractivity contribution in [3.05, 3.63) is 65.9 Å². The zero-order valence-electron chi connectivity index (χ0n) is 13.1. The lowest BCUT2D eigenvalue weighted by atomic mass is 10.1. The van der Waals surface area contributed by atoms with E-state index in [1.54, 1.807) is 0 Å². The molecule has 0 unspecified atom stereocenters. The summed E-state index contributed by atoms with van der Waals surface area (Å²) in [6.45, 7) is 2.98. The molecule has 0 saturated heterocycles. The van der Waals surface area contributed by atoms with Crippen molar-refractivity contribution in [2.24, 2.45) is 0 Å². The van der Waals surface area contributed by atoms with Crippen molar-refractivity contribution in [3.63, 3.8) is 0 Å². The van der Waals surface area contributed by atoms with E-state index in [-0.39, 0.29) is 5.91 Å². The lowest BCUT2D eigenvalue weighted by Gasteiger charge is -2.08. The number of ether oxygens (including phenoxy) is 1. The summed E-state index contributed by atoms with van der Waals surface area (Å²) in [5.74, 6) is 0.832. The van der Waals surface area contributed by atoms with E-state index in [0.29, 0.717) is 19.6 Å². The SMILES string of the molecule is Cc1cccc(OCCNC(=O)Cc2c[nH]c3ccccc23)c1. The van der Waals surface area contributed by atoms with Crippen LogP contribution in [0.15, 0.2) is 54.7 Å². The maximum atomic E-state index is 12.0. The number of hydrogen-bond donors (Lipinski definition) is 2. The molecule has 4 nitrogen and oxygen atoms in total. The molecule has 0 spiro atoms. The summed E-state index contributed by atoms with van der Waals surface area (Å²) < 4.78 is 5.62. The minimum atomic E-state index is 0.00240.